The maximum Gasteiger partial charge on any atom is 0.237 e. The molecule has 0 aliphatic carbocycles. The quantitative estimate of drug-likeness (QED) is 0.669. The lowest BCUT2D eigenvalue weighted by Gasteiger charge is -2.26. The average Bonchev–Trinajstić information content (AvgIpc) is 3.31. The van der Waals surface area contributed by atoms with Crippen molar-refractivity contribution in [2.45, 2.75) is 37.7 Å². The molecule has 10 heteroatoms. The molecule has 0 radical (unpaired) electrons. The highest BCUT2D eigenvalue weighted by atomic mass is 32.2. The van der Waals surface area contributed by atoms with E-state index in [1.807, 2.05) is 25.3 Å². The third-order valence-corrected chi connectivity index (χ3v) is 6.62. The molecule has 2 aromatic heterocycles. The minimum atomic E-state index is -3.63. The number of nitrogens with zero attached hydrogens (tertiary/aromatic N) is 3. The van der Waals surface area contributed by atoms with Crippen molar-refractivity contribution in [1.82, 2.24) is 14.9 Å². The van der Waals surface area contributed by atoms with Crippen molar-refractivity contribution < 1.29 is 22.4 Å². The predicted molar refractivity (Wildman–Crippen MR) is 103 cm³/mol. The predicted octanol–water partition coefficient (Wildman–Crippen LogP) is 2.39. The molecule has 3 aromatic rings. The second-order valence-corrected chi connectivity index (χ2v) is 8.84. The maximum atomic E-state index is 12.8. The zero-order valence-corrected chi connectivity index (χ0v) is 16.5. The summed E-state index contributed by atoms with van der Waals surface area (Å²) in [6, 6.07) is 5.48. The molecule has 1 N–H and O–H groups in total. The Kier molecular flexibility index (Phi) is 4.98. The van der Waals surface area contributed by atoms with Crippen molar-refractivity contribution >= 4 is 26.8 Å². The molecule has 1 aliphatic rings. The molecule has 2 unspecified atom stereocenters. The van der Waals surface area contributed by atoms with Crippen LogP contribution in [0.1, 0.15) is 25.3 Å². The van der Waals surface area contributed by atoms with Crippen LogP contribution in [0.4, 0.5) is 5.82 Å². The van der Waals surface area contributed by atoms with Crippen molar-refractivity contribution in [2.24, 2.45) is 0 Å². The van der Waals surface area contributed by atoms with Gasteiger partial charge in [0.25, 0.3) is 0 Å². The SMILES string of the molecule is COc1cc(Cn2cccn2)cc2onc(NS(=O)(=O)C3CCOC(C)C3)c12. The van der Waals surface area contributed by atoms with Crippen LogP contribution >= 0.6 is 0 Å². The summed E-state index contributed by atoms with van der Waals surface area (Å²) < 4.78 is 46.3. The number of hydrogen-bond donors (Lipinski definition) is 1. The lowest BCUT2D eigenvalue weighted by atomic mass is 10.1. The van der Waals surface area contributed by atoms with Crippen molar-refractivity contribution in [1.29, 1.82) is 0 Å². The summed E-state index contributed by atoms with van der Waals surface area (Å²) in [6.45, 7) is 2.82. The van der Waals surface area contributed by atoms with Gasteiger partial charge in [0, 0.05) is 19.0 Å². The number of anilines is 1. The summed E-state index contributed by atoms with van der Waals surface area (Å²) >= 11 is 0. The van der Waals surface area contributed by atoms with Gasteiger partial charge in [-0.3, -0.25) is 9.40 Å². The molecule has 1 fully saturated rings. The van der Waals surface area contributed by atoms with E-state index in [9.17, 15) is 8.42 Å². The number of fused-ring (bicyclic) bond motifs is 1. The van der Waals surface area contributed by atoms with E-state index in [4.69, 9.17) is 14.0 Å². The topological polar surface area (TPSA) is 108 Å². The molecular weight excluding hydrogens is 384 g/mol. The lowest BCUT2D eigenvalue weighted by Crippen LogP contribution is -2.36. The van der Waals surface area contributed by atoms with E-state index in [2.05, 4.69) is 15.0 Å². The molecule has 150 valence electrons. The average molecular weight is 406 g/mol. The van der Waals surface area contributed by atoms with Gasteiger partial charge < -0.3 is 14.0 Å². The first-order valence-corrected chi connectivity index (χ1v) is 10.6. The molecule has 0 saturated carbocycles. The molecule has 0 amide bonds. The van der Waals surface area contributed by atoms with Gasteiger partial charge >= 0.3 is 0 Å². The number of nitrogens with one attached hydrogen (secondary N) is 1. The van der Waals surface area contributed by atoms with Crippen LogP contribution in [0.25, 0.3) is 11.0 Å². The summed E-state index contributed by atoms with van der Waals surface area (Å²) in [5, 5.41) is 8.09. The highest BCUT2D eigenvalue weighted by molar-refractivity contribution is 7.93. The van der Waals surface area contributed by atoms with Gasteiger partial charge in [0.1, 0.15) is 11.1 Å². The molecule has 0 spiro atoms. The molecule has 28 heavy (non-hydrogen) atoms. The molecule has 1 aliphatic heterocycles. The van der Waals surface area contributed by atoms with Gasteiger partial charge in [-0.15, -0.1) is 0 Å². The highest BCUT2D eigenvalue weighted by Crippen LogP contribution is 2.35. The summed E-state index contributed by atoms with van der Waals surface area (Å²) in [5.74, 6) is 0.621. The number of aromatic nitrogens is 3. The Morgan fingerprint density at radius 3 is 2.96 bits per heavy atom. The van der Waals surface area contributed by atoms with Crippen molar-refractivity contribution in [3.63, 3.8) is 0 Å². The molecule has 2 atom stereocenters. The van der Waals surface area contributed by atoms with Gasteiger partial charge in [-0.25, -0.2) is 8.42 Å². The fourth-order valence-electron chi connectivity index (χ4n) is 3.45. The first-order chi connectivity index (χ1) is 13.5. The zero-order valence-electron chi connectivity index (χ0n) is 15.7. The Hall–Kier alpha value is -2.59. The first-order valence-electron chi connectivity index (χ1n) is 9.03. The summed E-state index contributed by atoms with van der Waals surface area (Å²) in [4.78, 5) is 0. The van der Waals surface area contributed by atoms with Crippen LogP contribution in [0.2, 0.25) is 0 Å². The second kappa shape index (κ2) is 7.44. The van der Waals surface area contributed by atoms with E-state index in [-0.39, 0.29) is 11.9 Å². The van der Waals surface area contributed by atoms with Crippen LogP contribution in [0, 0.1) is 0 Å². The van der Waals surface area contributed by atoms with Crippen molar-refractivity contribution in [3.05, 3.63) is 36.2 Å². The van der Waals surface area contributed by atoms with Gasteiger partial charge in [0.2, 0.25) is 10.0 Å². The summed E-state index contributed by atoms with van der Waals surface area (Å²) in [5.41, 5.74) is 1.34. The van der Waals surface area contributed by atoms with E-state index >= 15 is 0 Å². The smallest absolute Gasteiger partial charge is 0.237 e. The van der Waals surface area contributed by atoms with Crippen molar-refractivity contribution in [3.8, 4) is 5.75 Å². The highest BCUT2D eigenvalue weighted by Gasteiger charge is 2.32. The minimum absolute atomic E-state index is 0.0937. The number of ether oxygens (including phenoxy) is 2. The molecule has 0 bridgehead atoms. The lowest BCUT2D eigenvalue weighted by molar-refractivity contribution is 0.0302. The van der Waals surface area contributed by atoms with Crippen LogP contribution < -0.4 is 9.46 Å². The standard InChI is InChI=1S/C18H22N4O5S/c1-12-8-14(4-7-26-12)28(23,24)21-18-17-15(25-2)9-13(10-16(17)27-20-18)11-22-6-3-5-19-22/h3,5-6,9-10,12,14H,4,7-8,11H2,1-2H3,(H,20,21). The van der Waals surface area contributed by atoms with Gasteiger partial charge in [-0.2, -0.15) is 5.10 Å². The van der Waals surface area contributed by atoms with E-state index < -0.39 is 15.3 Å². The molecule has 9 nitrogen and oxygen atoms in total. The molecule has 1 aromatic carbocycles. The number of methoxy groups -OCH3 is 1. The molecular formula is C18H22N4O5S. The van der Waals surface area contributed by atoms with Crippen LogP contribution in [-0.4, -0.2) is 48.4 Å². The summed E-state index contributed by atoms with van der Waals surface area (Å²) in [7, 11) is -2.10. The van der Waals surface area contributed by atoms with Crippen LogP contribution in [-0.2, 0) is 21.3 Å². The Balaban J connectivity index is 1.64. The number of benzene rings is 1. The third-order valence-electron chi connectivity index (χ3n) is 4.84. The summed E-state index contributed by atoms with van der Waals surface area (Å²) in [6.07, 6.45) is 4.35. The number of hydrogen-bond acceptors (Lipinski definition) is 7. The van der Waals surface area contributed by atoms with E-state index in [0.717, 1.165) is 5.56 Å². The van der Waals surface area contributed by atoms with Gasteiger partial charge in [-0.1, -0.05) is 5.16 Å². The molecule has 1 saturated heterocycles. The van der Waals surface area contributed by atoms with E-state index in [1.165, 1.54) is 7.11 Å². The van der Waals surface area contributed by atoms with E-state index in [1.54, 1.807) is 16.9 Å². The van der Waals surface area contributed by atoms with Crippen LogP contribution in [0.3, 0.4) is 0 Å². The normalized spacial score (nSPS) is 20.4. The van der Waals surface area contributed by atoms with Crippen LogP contribution in [0.5, 0.6) is 5.75 Å². The Morgan fingerprint density at radius 1 is 1.39 bits per heavy atom. The van der Waals surface area contributed by atoms with Crippen LogP contribution in [0.15, 0.2) is 35.1 Å². The maximum absolute atomic E-state index is 12.8. The first kappa shape index (κ1) is 18.8. The second-order valence-electron chi connectivity index (χ2n) is 6.88. The van der Waals surface area contributed by atoms with Gasteiger partial charge in [0.05, 0.1) is 25.0 Å². The van der Waals surface area contributed by atoms with E-state index in [0.29, 0.717) is 42.7 Å². The molecule has 4 rings (SSSR count). The monoisotopic (exact) mass is 406 g/mol. The fourth-order valence-corrected chi connectivity index (χ4v) is 4.96. The Bertz CT molecular complexity index is 1060. The van der Waals surface area contributed by atoms with Crippen molar-refractivity contribution in [2.75, 3.05) is 18.4 Å². The largest absolute Gasteiger partial charge is 0.496 e. The number of sulfonamides is 1. The minimum Gasteiger partial charge on any atom is -0.496 e. The third kappa shape index (κ3) is 3.69. The number of rotatable bonds is 6. The molecule has 3 heterocycles. The van der Waals surface area contributed by atoms with Gasteiger partial charge in [-0.05, 0) is 43.5 Å². The fraction of sp³-hybridized carbons (Fsp3) is 0.444. The Labute approximate surface area is 162 Å². The van der Waals surface area contributed by atoms with Gasteiger partial charge in [0.15, 0.2) is 11.4 Å². The zero-order chi connectivity index (χ0) is 19.7. The Morgan fingerprint density at radius 2 is 2.25 bits per heavy atom.